The Labute approximate surface area is 94.1 Å². The van der Waals surface area contributed by atoms with E-state index in [1.807, 2.05) is 31.2 Å². The molecule has 2 aromatic rings. The minimum Gasteiger partial charge on any atom is -0.497 e. The van der Waals surface area contributed by atoms with E-state index in [0.717, 1.165) is 22.6 Å². The van der Waals surface area contributed by atoms with E-state index in [1.165, 1.54) is 0 Å². The standard InChI is InChI=1S/C12H13N3O/c1-8-7-9(16-2)3-4-10(8)11-5-6-14-12(13)15-11/h3-7H,1-2H3,(H2,13,14,15). The normalized spacial score (nSPS) is 10.1. The molecule has 2 rings (SSSR count). The lowest BCUT2D eigenvalue weighted by Gasteiger charge is -2.07. The second-order valence-electron chi connectivity index (χ2n) is 3.48. The van der Waals surface area contributed by atoms with Gasteiger partial charge < -0.3 is 10.5 Å². The predicted octanol–water partition coefficient (Wildman–Crippen LogP) is 2.04. The molecule has 0 saturated heterocycles. The number of nitrogens with two attached hydrogens (primary N) is 1. The summed E-state index contributed by atoms with van der Waals surface area (Å²) in [4.78, 5) is 8.06. The smallest absolute Gasteiger partial charge is 0.220 e. The summed E-state index contributed by atoms with van der Waals surface area (Å²) >= 11 is 0. The van der Waals surface area contributed by atoms with Crippen molar-refractivity contribution in [3.8, 4) is 17.0 Å². The van der Waals surface area contributed by atoms with Gasteiger partial charge >= 0.3 is 0 Å². The van der Waals surface area contributed by atoms with Crippen LogP contribution in [0, 0.1) is 6.92 Å². The van der Waals surface area contributed by atoms with Gasteiger partial charge in [-0.25, -0.2) is 9.97 Å². The predicted molar refractivity (Wildman–Crippen MR) is 63.2 cm³/mol. The van der Waals surface area contributed by atoms with E-state index in [1.54, 1.807) is 13.3 Å². The van der Waals surface area contributed by atoms with Crippen LogP contribution in [0.15, 0.2) is 30.5 Å². The first-order valence-corrected chi connectivity index (χ1v) is 4.94. The van der Waals surface area contributed by atoms with Gasteiger partial charge in [0.25, 0.3) is 0 Å². The van der Waals surface area contributed by atoms with Crippen LogP contribution < -0.4 is 10.5 Å². The minimum absolute atomic E-state index is 0.285. The van der Waals surface area contributed by atoms with Crippen LogP contribution in [0.5, 0.6) is 5.75 Å². The molecular weight excluding hydrogens is 202 g/mol. The van der Waals surface area contributed by atoms with Crippen molar-refractivity contribution in [2.24, 2.45) is 0 Å². The highest BCUT2D eigenvalue weighted by molar-refractivity contribution is 5.65. The van der Waals surface area contributed by atoms with Gasteiger partial charge in [0.05, 0.1) is 12.8 Å². The first kappa shape index (κ1) is 10.4. The van der Waals surface area contributed by atoms with Crippen LogP contribution in [0.1, 0.15) is 5.56 Å². The van der Waals surface area contributed by atoms with Crippen LogP contribution in [0.4, 0.5) is 5.95 Å². The SMILES string of the molecule is COc1ccc(-c2ccnc(N)n2)c(C)c1. The Morgan fingerprint density at radius 2 is 2.06 bits per heavy atom. The zero-order valence-corrected chi connectivity index (χ0v) is 9.27. The minimum atomic E-state index is 0.285. The number of hydrogen-bond acceptors (Lipinski definition) is 4. The lowest BCUT2D eigenvalue weighted by molar-refractivity contribution is 0.414. The van der Waals surface area contributed by atoms with Crippen molar-refractivity contribution in [2.75, 3.05) is 12.8 Å². The summed E-state index contributed by atoms with van der Waals surface area (Å²) in [5.74, 6) is 1.12. The summed E-state index contributed by atoms with van der Waals surface area (Å²) in [5, 5.41) is 0. The zero-order valence-electron chi connectivity index (χ0n) is 9.27. The van der Waals surface area contributed by atoms with Gasteiger partial charge in [0, 0.05) is 11.8 Å². The number of anilines is 1. The molecule has 0 fully saturated rings. The molecule has 0 aliphatic carbocycles. The Hall–Kier alpha value is -2.10. The molecule has 0 saturated carbocycles. The first-order chi connectivity index (χ1) is 7.70. The Morgan fingerprint density at radius 1 is 1.25 bits per heavy atom. The van der Waals surface area contributed by atoms with E-state index < -0.39 is 0 Å². The summed E-state index contributed by atoms with van der Waals surface area (Å²) in [7, 11) is 1.65. The van der Waals surface area contributed by atoms with Crippen molar-refractivity contribution < 1.29 is 4.74 Å². The average Bonchev–Trinajstić information content (AvgIpc) is 2.28. The van der Waals surface area contributed by atoms with Crippen LogP contribution in [0.2, 0.25) is 0 Å². The topological polar surface area (TPSA) is 61.0 Å². The van der Waals surface area contributed by atoms with Crippen LogP contribution in [-0.2, 0) is 0 Å². The van der Waals surface area contributed by atoms with Gasteiger partial charge in [-0.15, -0.1) is 0 Å². The summed E-state index contributed by atoms with van der Waals surface area (Å²) in [5.41, 5.74) is 8.51. The van der Waals surface area contributed by atoms with Crippen molar-refractivity contribution in [3.63, 3.8) is 0 Å². The highest BCUT2D eigenvalue weighted by atomic mass is 16.5. The quantitative estimate of drug-likeness (QED) is 0.832. The number of benzene rings is 1. The van der Waals surface area contributed by atoms with Gasteiger partial charge in [-0.05, 0) is 36.8 Å². The second-order valence-corrected chi connectivity index (χ2v) is 3.48. The van der Waals surface area contributed by atoms with Gasteiger partial charge in [-0.2, -0.15) is 0 Å². The summed E-state index contributed by atoms with van der Waals surface area (Å²) in [6.07, 6.45) is 1.65. The number of hydrogen-bond donors (Lipinski definition) is 1. The van der Waals surface area contributed by atoms with E-state index in [0.29, 0.717) is 0 Å². The molecule has 82 valence electrons. The summed E-state index contributed by atoms with van der Waals surface area (Å²) < 4.78 is 5.15. The molecule has 1 aromatic carbocycles. The molecule has 2 N–H and O–H groups in total. The Bertz CT molecular complexity index is 511. The van der Waals surface area contributed by atoms with E-state index >= 15 is 0 Å². The molecule has 0 atom stereocenters. The molecule has 4 heteroatoms. The maximum absolute atomic E-state index is 5.56. The number of nitrogen functional groups attached to an aromatic ring is 1. The first-order valence-electron chi connectivity index (χ1n) is 4.94. The van der Waals surface area contributed by atoms with Gasteiger partial charge in [-0.1, -0.05) is 0 Å². The lowest BCUT2D eigenvalue weighted by atomic mass is 10.1. The Morgan fingerprint density at radius 3 is 2.69 bits per heavy atom. The third kappa shape index (κ3) is 1.95. The van der Waals surface area contributed by atoms with Crippen LogP contribution in [0.3, 0.4) is 0 Å². The number of nitrogens with zero attached hydrogens (tertiary/aromatic N) is 2. The summed E-state index contributed by atoms with van der Waals surface area (Å²) in [6.45, 7) is 2.01. The van der Waals surface area contributed by atoms with Crippen LogP contribution in [-0.4, -0.2) is 17.1 Å². The number of rotatable bonds is 2. The number of aromatic nitrogens is 2. The molecule has 0 aliphatic heterocycles. The maximum Gasteiger partial charge on any atom is 0.220 e. The maximum atomic E-state index is 5.56. The van der Waals surface area contributed by atoms with Gasteiger partial charge in [0.1, 0.15) is 5.75 Å². The fraction of sp³-hybridized carbons (Fsp3) is 0.167. The van der Waals surface area contributed by atoms with Crippen molar-refractivity contribution in [1.82, 2.24) is 9.97 Å². The molecule has 0 radical (unpaired) electrons. The fourth-order valence-corrected chi connectivity index (χ4v) is 1.57. The average molecular weight is 215 g/mol. The molecule has 4 nitrogen and oxygen atoms in total. The van der Waals surface area contributed by atoms with E-state index in [4.69, 9.17) is 10.5 Å². The second kappa shape index (κ2) is 4.18. The van der Waals surface area contributed by atoms with E-state index in [9.17, 15) is 0 Å². The molecule has 0 amide bonds. The van der Waals surface area contributed by atoms with Gasteiger partial charge in [-0.3, -0.25) is 0 Å². The molecule has 0 unspecified atom stereocenters. The molecule has 16 heavy (non-hydrogen) atoms. The molecule has 0 bridgehead atoms. The zero-order chi connectivity index (χ0) is 11.5. The van der Waals surface area contributed by atoms with Crippen molar-refractivity contribution >= 4 is 5.95 Å². The largest absolute Gasteiger partial charge is 0.497 e. The van der Waals surface area contributed by atoms with E-state index in [2.05, 4.69) is 9.97 Å². The fourth-order valence-electron chi connectivity index (χ4n) is 1.57. The van der Waals surface area contributed by atoms with Crippen LogP contribution >= 0.6 is 0 Å². The number of ether oxygens (including phenoxy) is 1. The molecule has 1 heterocycles. The number of aryl methyl sites for hydroxylation is 1. The van der Waals surface area contributed by atoms with Crippen molar-refractivity contribution in [1.29, 1.82) is 0 Å². The monoisotopic (exact) mass is 215 g/mol. The van der Waals surface area contributed by atoms with Crippen molar-refractivity contribution in [2.45, 2.75) is 6.92 Å². The van der Waals surface area contributed by atoms with Crippen molar-refractivity contribution in [3.05, 3.63) is 36.0 Å². The third-order valence-electron chi connectivity index (χ3n) is 2.38. The summed E-state index contributed by atoms with van der Waals surface area (Å²) in [6, 6.07) is 7.68. The third-order valence-corrected chi connectivity index (χ3v) is 2.38. The van der Waals surface area contributed by atoms with Gasteiger partial charge in [0.15, 0.2) is 0 Å². The highest BCUT2D eigenvalue weighted by Gasteiger charge is 2.05. The number of methoxy groups -OCH3 is 1. The molecule has 0 spiro atoms. The van der Waals surface area contributed by atoms with E-state index in [-0.39, 0.29) is 5.95 Å². The Balaban J connectivity index is 2.48. The van der Waals surface area contributed by atoms with Gasteiger partial charge in [0.2, 0.25) is 5.95 Å². The van der Waals surface area contributed by atoms with Crippen LogP contribution in [0.25, 0.3) is 11.3 Å². The molecule has 1 aromatic heterocycles. The Kier molecular flexibility index (Phi) is 2.72. The molecule has 0 aliphatic rings. The highest BCUT2D eigenvalue weighted by Crippen LogP contribution is 2.25. The lowest BCUT2D eigenvalue weighted by Crippen LogP contribution is -1.96. The molecular formula is C12H13N3O.